The van der Waals surface area contributed by atoms with Crippen LogP contribution in [0.15, 0.2) is 23.3 Å². The maximum Gasteiger partial charge on any atom is 0.326 e. The molecule has 29 heavy (non-hydrogen) atoms. The molecule has 2 rings (SSSR count). The fourth-order valence-electron chi connectivity index (χ4n) is 3.01. The van der Waals surface area contributed by atoms with Gasteiger partial charge in [0.2, 0.25) is 0 Å². The van der Waals surface area contributed by atoms with Crippen molar-refractivity contribution in [3.63, 3.8) is 0 Å². The second kappa shape index (κ2) is 10.5. The average Bonchev–Trinajstić information content (AvgIpc) is 2.70. The number of hydrogen-bond acceptors (Lipinski definition) is 8. The maximum absolute atomic E-state index is 12.6. The van der Waals surface area contributed by atoms with Gasteiger partial charge in [0.15, 0.2) is 0 Å². The smallest absolute Gasteiger partial charge is 0.326 e. The van der Waals surface area contributed by atoms with Gasteiger partial charge in [-0.1, -0.05) is 13.8 Å². The van der Waals surface area contributed by atoms with Crippen LogP contribution in [0.3, 0.4) is 0 Å². The number of benzene rings is 1. The van der Waals surface area contributed by atoms with Crippen molar-refractivity contribution in [1.82, 2.24) is 14.5 Å². The highest BCUT2D eigenvalue weighted by Gasteiger charge is 2.18. The minimum atomic E-state index is -0.572. The molecule has 0 fully saturated rings. The van der Waals surface area contributed by atoms with Crippen molar-refractivity contribution in [2.75, 3.05) is 38.1 Å². The van der Waals surface area contributed by atoms with Gasteiger partial charge in [-0.2, -0.15) is 0 Å². The lowest BCUT2D eigenvalue weighted by Crippen LogP contribution is -2.26. The molecule has 1 aromatic carbocycles. The van der Waals surface area contributed by atoms with Gasteiger partial charge in [-0.05, 0) is 39.0 Å². The van der Waals surface area contributed by atoms with E-state index in [0.29, 0.717) is 17.7 Å². The second-order valence-electron chi connectivity index (χ2n) is 6.43. The lowest BCUT2D eigenvalue weighted by Gasteiger charge is -2.18. The van der Waals surface area contributed by atoms with Gasteiger partial charge in [0.25, 0.3) is 11.2 Å². The van der Waals surface area contributed by atoms with Crippen LogP contribution < -0.4 is 10.9 Å². The van der Waals surface area contributed by atoms with Crippen LogP contribution in [-0.2, 0) is 16.1 Å². The predicted molar refractivity (Wildman–Crippen MR) is 110 cm³/mol. The molecule has 0 aliphatic carbocycles. The molecule has 1 N–H and O–H groups in total. The zero-order valence-corrected chi connectivity index (χ0v) is 17.0. The third-order valence-electron chi connectivity index (χ3n) is 4.60. The summed E-state index contributed by atoms with van der Waals surface area (Å²) in [6, 6.07) is 2.71. The minimum absolute atomic E-state index is 0.0807. The summed E-state index contributed by atoms with van der Waals surface area (Å²) in [6.45, 7) is 9.10. The van der Waals surface area contributed by atoms with E-state index >= 15 is 0 Å². The summed E-state index contributed by atoms with van der Waals surface area (Å²) >= 11 is 0. The number of esters is 1. The van der Waals surface area contributed by atoms with Crippen molar-refractivity contribution in [2.24, 2.45) is 0 Å². The van der Waals surface area contributed by atoms with Crippen molar-refractivity contribution in [3.8, 4) is 0 Å². The van der Waals surface area contributed by atoms with Crippen molar-refractivity contribution in [3.05, 3.63) is 38.9 Å². The first kappa shape index (κ1) is 22.3. The largest absolute Gasteiger partial charge is 0.465 e. The molecule has 2 aromatic rings. The molecule has 0 saturated carbocycles. The quantitative estimate of drug-likeness (QED) is 0.261. The van der Waals surface area contributed by atoms with Crippen molar-refractivity contribution >= 4 is 28.2 Å². The van der Waals surface area contributed by atoms with Crippen LogP contribution in [0.25, 0.3) is 10.9 Å². The first-order chi connectivity index (χ1) is 13.9. The average molecular weight is 405 g/mol. The molecule has 158 valence electrons. The Morgan fingerprint density at radius 2 is 2.03 bits per heavy atom. The molecule has 10 heteroatoms. The highest BCUT2D eigenvalue weighted by molar-refractivity contribution is 5.86. The molecule has 0 atom stereocenters. The molecule has 0 radical (unpaired) electrons. The number of nitro groups is 1. The third-order valence-corrected chi connectivity index (χ3v) is 4.60. The lowest BCUT2D eigenvalue weighted by molar-refractivity contribution is -0.383. The Labute approximate surface area is 168 Å². The zero-order valence-electron chi connectivity index (χ0n) is 17.0. The molecule has 0 unspecified atom stereocenters. The third kappa shape index (κ3) is 5.74. The van der Waals surface area contributed by atoms with Crippen LogP contribution in [-0.4, -0.2) is 58.1 Å². The fourth-order valence-corrected chi connectivity index (χ4v) is 3.01. The summed E-state index contributed by atoms with van der Waals surface area (Å²) < 4.78 is 5.92. The maximum atomic E-state index is 12.6. The van der Waals surface area contributed by atoms with Gasteiger partial charge in [0.1, 0.15) is 12.2 Å². The van der Waals surface area contributed by atoms with Crippen LogP contribution in [0.1, 0.15) is 27.2 Å². The molecule has 0 aliphatic heterocycles. The number of anilines is 1. The number of nitrogens with zero attached hydrogens (tertiary/aromatic N) is 4. The number of aromatic nitrogens is 2. The summed E-state index contributed by atoms with van der Waals surface area (Å²) in [5.74, 6) is -0.572. The number of ether oxygens (including phenoxy) is 1. The van der Waals surface area contributed by atoms with Gasteiger partial charge < -0.3 is 15.0 Å². The topological polar surface area (TPSA) is 120 Å². The highest BCUT2D eigenvalue weighted by Crippen LogP contribution is 2.28. The predicted octanol–water partition coefficient (Wildman–Crippen LogP) is 2.01. The standard InChI is InChI=1S/C19H27N5O5/c1-4-22(5-2)9-7-8-20-16-11-15-14(10-17(16)24(27)28)19(26)23(13-21-15)12-18(25)29-6-3/h10-11,13,20H,4-9,12H2,1-3H3. The van der Waals surface area contributed by atoms with Gasteiger partial charge in [-0.25, -0.2) is 4.98 Å². The van der Waals surface area contributed by atoms with E-state index in [4.69, 9.17) is 4.74 Å². The molecular weight excluding hydrogens is 378 g/mol. The second-order valence-corrected chi connectivity index (χ2v) is 6.43. The van der Waals surface area contributed by atoms with Gasteiger partial charge in [-0.3, -0.25) is 24.3 Å². The van der Waals surface area contributed by atoms with Crippen molar-refractivity contribution in [2.45, 2.75) is 33.7 Å². The lowest BCUT2D eigenvalue weighted by atomic mass is 10.2. The number of rotatable bonds is 11. The van der Waals surface area contributed by atoms with Gasteiger partial charge in [0, 0.05) is 12.6 Å². The van der Waals surface area contributed by atoms with E-state index in [-0.39, 0.29) is 24.2 Å². The van der Waals surface area contributed by atoms with Gasteiger partial charge >= 0.3 is 5.97 Å². The van der Waals surface area contributed by atoms with Crippen LogP contribution >= 0.6 is 0 Å². The Balaban J connectivity index is 2.26. The Bertz CT molecular complexity index is 923. The van der Waals surface area contributed by atoms with Gasteiger partial charge in [0.05, 0.1) is 28.8 Å². The molecule has 0 spiro atoms. The van der Waals surface area contributed by atoms with Crippen LogP contribution in [0.2, 0.25) is 0 Å². The Morgan fingerprint density at radius 1 is 1.31 bits per heavy atom. The monoisotopic (exact) mass is 405 g/mol. The summed E-state index contributed by atoms with van der Waals surface area (Å²) in [7, 11) is 0. The first-order valence-electron chi connectivity index (χ1n) is 9.70. The van der Waals surface area contributed by atoms with E-state index in [0.717, 1.165) is 30.6 Å². The summed E-state index contributed by atoms with van der Waals surface area (Å²) in [4.78, 5) is 41.7. The van der Waals surface area contributed by atoms with E-state index in [1.54, 1.807) is 6.92 Å². The molecular formula is C19H27N5O5. The summed E-state index contributed by atoms with van der Waals surface area (Å²) in [5, 5.41) is 14.7. The number of carbonyl (C=O) groups excluding carboxylic acids is 1. The Kier molecular flexibility index (Phi) is 8.08. The minimum Gasteiger partial charge on any atom is -0.465 e. The van der Waals surface area contributed by atoms with Crippen molar-refractivity contribution < 1.29 is 14.5 Å². The molecule has 0 saturated heterocycles. The van der Waals surface area contributed by atoms with E-state index < -0.39 is 16.5 Å². The van der Waals surface area contributed by atoms with Crippen LogP contribution in [0.5, 0.6) is 0 Å². The molecule has 1 aromatic heterocycles. The SMILES string of the molecule is CCOC(=O)Cn1cnc2cc(NCCCN(CC)CC)c([N+](=O)[O-])cc2c1=O. The van der Waals surface area contributed by atoms with Crippen LogP contribution in [0, 0.1) is 10.1 Å². The van der Waals surface area contributed by atoms with E-state index in [1.165, 1.54) is 18.5 Å². The van der Waals surface area contributed by atoms with E-state index in [1.807, 2.05) is 0 Å². The summed E-state index contributed by atoms with van der Waals surface area (Å²) in [5.41, 5.74) is -0.0867. The van der Waals surface area contributed by atoms with Crippen LogP contribution in [0.4, 0.5) is 11.4 Å². The van der Waals surface area contributed by atoms with E-state index in [2.05, 4.69) is 29.0 Å². The van der Waals surface area contributed by atoms with Crippen molar-refractivity contribution in [1.29, 1.82) is 0 Å². The Morgan fingerprint density at radius 3 is 2.66 bits per heavy atom. The molecule has 10 nitrogen and oxygen atoms in total. The Hall–Kier alpha value is -3.01. The molecule has 0 aliphatic rings. The number of hydrogen-bond donors (Lipinski definition) is 1. The number of nitro benzene ring substituents is 1. The normalized spacial score (nSPS) is 11.0. The summed E-state index contributed by atoms with van der Waals surface area (Å²) in [6.07, 6.45) is 2.07. The molecule has 0 amide bonds. The molecule has 0 bridgehead atoms. The number of fused-ring (bicyclic) bond motifs is 1. The zero-order chi connectivity index (χ0) is 21.4. The number of nitrogens with one attached hydrogen (secondary N) is 1. The first-order valence-corrected chi connectivity index (χ1v) is 9.70. The fraction of sp³-hybridized carbons (Fsp3) is 0.526. The molecule has 1 heterocycles. The highest BCUT2D eigenvalue weighted by atomic mass is 16.6. The van der Waals surface area contributed by atoms with E-state index in [9.17, 15) is 19.7 Å². The van der Waals surface area contributed by atoms with Gasteiger partial charge in [-0.15, -0.1) is 0 Å². The number of carbonyl (C=O) groups is 1.